The van der Waals surface area contributed by atoms with Gasteiger partial charge in [0.1, 0.15) is 0 Å². The predicted octanol–water partition coefficient (Wildman–Crippen LogP) is 1.12. The summed E-state index contributed by atoms with van der Waals surface area (Å²) in [6.45, 7) is 8.86. The molecule has 0 aliphatic carbocycles. The van der Waals surface area contributed by atoms with Crippen LogP contribution >= 0.6 is 0 Å². The number of sulfone groups is 1. The van der Waals surface area contributed by atoms with E-state index in [1.165, 1.54) is 16.8 Å². The Bertz CT molecular complexity index is 755. The first-order chi connectivity index (χ1) is 12.3. The minimum atomic E-state index is -2.95. The first-order valence-electron chi connectivity index (χ1n) is 9.37. The second kappa shape index (κ2) is 7.96. The molecule has 7 heteroatoms. The fourth-order valence-electron chi connectivity index (χ4n) is 3.76. The summed E-state index contributed by atoms with van der Waals surface area (Å²) >= 11 is 0. The number of hydrogen-bond acceptors (Lipinski definition) is 5. The van der Waals surface area contributed by atoms with Gasteiger partial charge in [-0.25, -0.2) is 8.42 Å². The molecule has 1 aromatic rings. The van der Waals surface area contributed by atoms with E-state index in [0.29, 0.717) is 12.8 Å². The number of piperazine rings is 1. The monoisotopic (exact) mass is 379 g/mol. The van der Waals surface area contributed by atoms with Gasteiger partial charge in [0.2, 0.25) is 5.91 Å². The van der Waals surface area contributed by atoms with E-state index < -0.39 is 9.84 Å². The number of aryl methyl sites for hydroxylation is 1. The molecule has 26 heavy (non-hydrogen) atoms. The van der Waals surface area contributed by atoms with Crippen molar-refractivity contribution in [2.45, 2.75) is 32.7 Å². The Morgan fingerprint density at radius 3 is 2.58 bits per heavy atom. The van der Waals surface area contributed by atoms with Crippen molar-refractivity contribution in [3.8, 4) is 0 Å². The normalized spacial score (nSPS) is 23.2. The highest BCUT2D eigenvalue weighted by Gasteiger charge is 2.29. The van der Waals surface area contributed by atoms with Crippen molar-refractivity contribution in [1.82, 2.24) is 10.2 Å². The van der Waals surface area contributed by atoms with Crippen LogP contribution in [0, 0.1) is 13.8 Å². The maximum Gasteiger partial charge on any atom is 0.221 e. The van der Waals surface area contributed by atoms with E-state index in [4.69, 9.17) is 0 Å². The molecule has 6 nitrogen and oxygen atoms in total. The molecule has 144 valence electrons. The Hall–Kier alpha value is -1.60. The summed E-state index contributed by atoms with van der Waals surface area (Å²) < 4.78 is 22.9. The minimum Gasteiger partial charge on any atom is -0.369 e. The van der Waals surface area contributed by atoms with E-state index >= 15 is 0 Å². The molecule has 1 N–H and O–H groups in total. The van der Waals surface area contributed by atoms with Crippen molar-refractivity contribution >= 4 is 21.4 Å². The summed E-state index contributed by atoms with van der Waals surface area (Å²) in [5.41, 5.74) is 3.97. The van der Waals surface area contributed by atoms with Gasteiger partial charge in [-0.2, -0.15) is 0 Å². The summed E-state index contributed by atoms with van der Waals surface area (Å²) in [5.74, 6) is 0.245. The number of carbonyl (C=O) groups excluding carboxylic acids is 1. The largest absolute Gasteiger partial charge is 0.369 e. The van der Waals surface area contributed by atoms with Crippen LogP contribution in [-0.4, -0.2) is 69.5 Å². The molecule has 0 bridgehead atoms. The quantitative estimate of drug-likeness (QED) is 0.830. The fraction of sp³-hybridized carbons (Fsp3) is 0.632. The van der Waals surface area contributed by atoms with Gasteiger partial charge < -0.3 is 10.2 Å². The Morgan fingerprint density at radius 1 is 1.19 bits per heavy atom. The van der Waals surface area contributed by atoms with Gasteiger partial charge in [0.05, 0.1) is 11.5 Å². The maximum atomic E-state index is 12.1. The molecule has 0 saturated carbocycles. The first kappa shape index (κ1) is 19.2. The highest BCUT2D eigenvalue weighted by atomic mass is 32.2. The zero-order chi connectivity index (χ0) is 18.7. The number of nitrogens with one attached hydrogen (secondary N) is 1. The van der Waals surface area contributed by atoms with Crippen LogP contribution in [0.25, 0.3) is 0 Å². The van der Waals surface area contributed by atoms with Crippen LogP contribution in [0.3, 0.4) is 0 Å². The third kappa shape index (κ3) is 4.76. The van der Waals surface area contributed by atoms with Crippen molar-refractivity contribution in [2.75, 3.05) is 49.1 Å². The third-order valence-electron chi connectivity index (χ3n) is 5.54. The topological polar surface area (TPSA) is 69.7 Å². The maximum absolute atomic E-state index is 12.1. The number of nitrogens with zero attached hydrogens (tertiary/aromatic N) is 2. The van der Waals surface area contributed by atoms with Crippen LogP contribution in [0.15, 0.2) is 18.2 Å². The van der Waals surface area contributed by atoms with Crippen LogP contribution in [0.4, 0.5) is 5.69 Å². The Kier molecular flexibility index (Phi) is 5.87. The van der Waals surface area contributed by atoms with Crippen molar-refractivity contribution in [3.63, 3.8) is 0 Å². The number of anilines is 1. The highest BCUT2D eigenvalue weighted by Crippen LogP contribution is 2.23. The standard InChI is InChI=1S/C19H29N3O3S/c1-15-4-3-5-18(16(15)2)22-11-9-21(10-12-22)8-6-19(23)20-17-7-13-26(24,25)14-17/h3-5,17H,6-14H2,1-2H3,(H,20,23). The molecule has 1 amide bonds. The number of carbonyl (C=O) groups is 1. The Balaban J connectivity index is 1.41. The number of amides is 1. The van der Waals surface area contributed by atoms with E-state index in [2.05, 4.69) is 47.2 Å². The summed E-state index contributed by atoms with van der Waals surface area (Å²) in [7, 11) is -2.95. The summed E-state index contributed by atoms with van der Waals surface area (Å²) in [6.07, 6.45) is 0.975. The van der Waals surface area contributed by atoms with Gasteiger partial charge in [0, 0.05) is 50.9 Å². The number of benzene rings is 1. The summed E-state index contributed by atoms with van der Waals surface area (Å²) in [5, 5.41) is 2.87. The average molecular weight is 380 g/mol. The van der Waals surface area contributed by atoms with Gasteiger partial charge in [0.25, 0.3) is 0 Å². The molecule has 2 saturated heterocycles. The van der Waals surface area contributed by atoms with Crippen molar-refractivity contribution in [2.24, 2.45) is 0 Å². The van der Waals surface area contributed by atoms with Crippen LogP contribution in [0.1, 0.15) is 24.0 Å². The van der Waals surface area contributed by atoms with Gasteiger partial charge in [-0.05, 0) is 37.5 Å². The van der Waals surface area contributed by atoms with Crippen LogP contribution < -0.4 is 10.2 Å². The lowest BCUT2D eigenvalue weighted by atomic mass is 10.1. The van der Waals surface area contributed by atoms with Gasteiger partial charge in [-0.1, -0.05) is 12.1 Å². The van der Waals surface area contributed by atoms with Crippen LogP contribution in [0.2, 0.25) is 0 Å². The van der Waals surface area contributed by atoms with Crippen molar-refractivity contribution in [3.05, 3.63) is 29.3 Å². The molecule has 2 fully saturated rings. The second-order valence-electron chi connectivity index (χ2n) is 7.47. The minimum absolute atomic E-state index is 0.0379. The molecule has 1 aromatic carbocycles. The molecule has 1 unspecified atom stereocenters. The van der Waals surface area contributed by atoms with E-state index in [1.54, 1.807) is 0 Å². The molecule has 2 aliphatic heterocycles. The molecule has 0 aromatic heterocycles. The fourth-order valence-corrected chi connectivity index (χ4v) is 5.43. The average Bonchev–Trinajstić information content (AvgIpc) is 2.94. The zero-order valence-corrected chi connectivity index (χ0v) is 16.5. The van der Waals surface area contributed by atoms with Crippen LogP contribution in [-0.2, 0) is 14.6 Å². The lowest BCUT2D eigenvalue weighted by Crippen LogP contribution is -2.47. The molecule has 0 radical (unpaired) electrons. The SMILES string of the molecule is Cc1cccc(N2CCN(CCC(=O)NC3CCS(=O)(=O)C3)CC2)c1C. The molecule has 0 spiro atoms. The molecular formula is C19H29N3O3S. The number of rotatable bonds is 5. The Morgan fingerprint density at radius 2 is 1.92 bits per heavy atom. The molecule has 3 rings (SSSR count). The van der Waals surface area contributed by atoms with Gasteiger partial charge in [-0.3, -0.25) is 9.69 Å². The van der Waals surface area contributed by atoms with E-state index in [-0.39, 0.29) is 23.5 Å². The van der Waals surface area contributed by atoms with E-state index in [1.807, 2.05) is 0 Å². The zero-order valence-electron chi connectivity index (χ0n) is 15.7. The lowest BCUT2D eigenvalue weighted by Gasteiger charge is -2.37. The van der Waals surface area contributed by atoms with Gasteiger partial charge >= 0.3 is 0 Å². The molecule has 2 heterocycles. The molecule has 2 aliphatic rings. The number of hydrogen-bond donors (Lipinski definition) is 1. The van der Waals surface area contributed by atoms with Crippen LogP contribution in [0.5, 0.6) is 0 Å². The van der Waals surface area contributed by atoms with Gasteiger partial charge in [0.15, 0.2) is 9.84 Å². The molecular weight excluding hydrogens is 350 g/mol. The second-order valence-corrected chi connectivity index (χ2v) is 9.69. The first-order valence-corrected chi connectivity index (χ1v) is 11.2. The smallest absolute Gasteiger partial charge is 0.221 e. The Labute approximate surface area is 156 Å². The molecule has 1 atom stereocenters. The van der Waals surface area contributed by atoms with E-state index in [9.17, 15) is 13.2 Å². The van der Waals surface area contributed by atoms with E-state index in [0.717, 1.165) is 32.7 Å². The van der Waals surface area contributed by atoms with Crippen molar-refractivity contribution in [1.29, 1.82) is 0 Å². The third-order valence-corrected chi connectivity index (χ3v) is 7.31. The lowest BCUT2D eigenvalue weighted by molar-refractivity contribution is -0.122. The summed E-state index contributed by atoms with van der Waals surface area (Å²) in [6, 6.07) is 6.23. The predicted molar refractivity (Wildman–Crippen MR) is 104 cm³/mol. The van der Waals surface area contributed by atoms with Crippen molar-refractivity contribution < 1.29 is 13.2 Å². The highest BCUT2D eigenvalue weighted by molar-refractivity contribution is 7.91. The summed E-state index contributed by atoms with van der Waals surface area (Å²) in [4.78, 5) is 16.8. The van der Waals surface area contributed by atoms with Gasteiger partial charge in [-0.15, -0.1) is 0 Å².